The molecule has 0 radical (unpaired) electrons. The van der Waals surface area contributed by atoms with Crippen molar-refractivity contribution in [2.45, 2.75) is 42.1 Å². The van der Waals surface area contributed by atoms with Gasteiger partial charge in [-0.25, -0.2) is 8.42 Å². The van der Waals surface area contributed by atoms with Gasteiger partial charge in [0.2, 0.25) is 9.84 Å². The summed E-state index contributed by atoms with van der Waals surface area (Å²) in [6.07, 6.45) is 1.69. The van der Waals surface area contributed by atoms with Crippen LogP contribution >= 0.6 is 11.6 Å². The maximum atomic E-state index is 13.6. The molecule has 4 aromatic carbocycles. The lowest BCUT2D eigenvalue weighted by molar-refractivity contribution is 0.175. The minimum atomic E-state index is -3.65. The summed E-state index contributed by atoms with van der Waals surface area (Å²) >= 11 is 5.99. The molecule has 0 saturated carbocycles. The Morgan fingerprint density at radius 2 is 1.62 bits per heavy atom. The van der Waals surface area contributed by atoms with E-state index >= 15 is 0 Å². The molecule has 0 aliphatic carbocycles. The summed E-state index contributed by atoms with van der Waals surface area (Å²) in [4.78, 5) is 0.672. The second kappa shape index (κ2) is 12.5. The molecule has 2 N–H and O–H groups in total. The zero-order chi connectivity index (χ0) is 26.3. The van der Waals surface area contributed by atoms with Crippen LogP contribution in [0.3, 0.4) is 0 Å². The molecule has 4 aromatic rings. The minimum Gasteiger partial charge on any atom is -0.387 e. The fourth-order valence-electron chi connectivity index (χ4n) is 4.52. The van der Waals surface area contributed by atoms with E-state index in [-0.39, 0.29) is 0 Å². The smallest absolute Gasteiger partial charge is 0.206 e. The van der Waals surface area contributed by atoms with Crippen LogP contribution in [0.2, 0.25) is 5.02 Å². The molecule has 0 amide bonds. The SMILES string of the molecule is CCc1c(-c2ccccc2)cccc1S(=O)(=O)c1ccc(CCCNC[C@H](O)c2cccc(Cl)c2)cc1. The van der Waals surface area contributed by atoms with E-state index in [0.717, 1.165) is 47.2 Å². The maximum Gasteiger partial charge on any atom is 0.206 e. The van der Waals surface area contributed by atoms with Gasteiger partial charge in [0.15, 0.2) is 0 Å². The molecule has 1 atom stereocenters. The molecule has 0 aromatic heterocycles. The molecular formula is C31H32ClNO3S. The molecule has 0 heterocycles. The van der Waals surface area contributed by atoms with Crippen molar-refractivity contribution in [1.82, 2.24) is 5.32 Å². The molecule has 0 aliphatic rings. The maximum absolute atomic E-state index is 13.6. The number of halogens is 1. The number of sulfone groups is 1. The van der Waals surface area contributed by atoms with Gasteiger partial charge in [-0.15, -0.1) is 0 Å². The van der Waals surface area contributed by atoms with Crippen molar-refractivity contribution in [3.63, 3.8) is 0 Å². The van der Waals surface area contributed by atoms with E-state index in [1.165, 1.54) is 0 Å². The van der Waals surface area contributed by atoms with E-state index in [9.17, 15) is 13.5 Å². The zero-order valence-electron chi connectivity index (χ0n) is 20.9. The van der Waals surface area contributed by atoms with Gasteiger partial charge >= 0.3 is 0 Å². The fraction of sp³-hybridized carbons (Fsp3) is 0.226. The van der Waals surface area contributed by atoms with Gasteiger partial charge in [-0.05, 0) is 84.0 Å². The first-order valence-electron chi connectivity index (χ1n) is 12.6. The molecule has 0 spiro atoms. The van der Waals surface area contributed by atoms with Crippen LogP contribution in [0.4, 0.5) is 0 Å². The topological polar surface area (TPSA) is 66.4 Å². The Kier molecular flexibility index (Phi) is 9.17. The Morgan fingerprint density at radius 1 is 0.892 bits per heavy atom. The van der Waals surface area contributed by atoms with Crippen LogP contribution in [0.1, 0.15) is 36.1 Å². The van der Waals surface area contributed by atoms with Crippen LogP contribution in [0, 0.1) is 0 Å². The Bertz CT molecular complexity index is 1420. The monoisotopic (exact) mass is 533 g/mol. The Hall–Kier alpha value is -2.96. The van der Waals surface area contributed by atoms with Crippen LogP contribution in [0.5, 0.6) is 0 Å². The van der Waals surface area contributed by atoms with Gasteiger partial charge < -0.3 is 10.4 Å². The average Bonchev–Trinajstić information content (AvgIpc) is 2.93. The summed E-state index contributed by atoms with van der Waals surface area (Å²) in [5.74, 6) is 0. The van der Waals surface area contributed by atoms with Gasteiger partial charge in [0.25, 0.3) is 0 Å². The first kappa shape index (κ1) is 27.1. The number of aryl methyl sites for hydroxylation is 1. The molecule has 0 aliphatic heterocycles. The Labute approximate surface area is 224 Å². The predicted octanol–water partition coefficient (Wildman–Crippen LogP) is 6.66. The molecule has 4 rings (SSSR count). The predicted molar refractivity (Wildman–Crippen MR) is 151 cm³/mol. The average molecular weight is 534 g/mol. The van der Waals surface area contributed by atoms with Crippen LogP contribution in [-0.2, 0) is 22.7 Å². The van der Waals surface area contributed by atoms with Gasteiger partial charge in [0.05, 0.1) is 15.9 Å². The number of hydrogen-bond donors (Lipinski definition) is 2. The molecule has 4 nitrogen and oxygen atoms in total. The van der Waals surface area contributed by atoms with Crippen LogP contribution < -0.4 is 5.32 Å². The van der Waals surface area contributed by atoms with Crippen LogP contribution in [0.25, 0.3) is 11.1 Å². The summed E-state index contributed by atoms with van der Waals surface area (Å²) in [6, 6.07) is 29.8. The van der Waals surface area contributed by atoms with E-state index in [1.807, 2.05) is 73.7 Å². The molecule has 0 fully saturated rings. The van der Waals surface area contributed by atoms with Crippen molar-refractivity contribution in [2.24, 2.45) is 0 Å². The molecule has 0 unspecified atom stereocenters. The number of aliphatic hydroxyl groups excluding tert-OH is 1. The van der Waals surface area contributed by atoms with Crippen molar-refractivity contribution in [2.75, 3.05) is 13.1 Å². The van der Waals surface area contributed by atoms with Gasteiger partial charge in [-0.2, -0.15) is 0 Å². The summed E-state index contributed by atoms with van der Waals surface area (Å²) in [5.41, 5.74) is 4.67. The lowest BCUT2D eigenvalue weighted by Crippen LogP contribution is -2.22. The first-order valence-corrected chi connectivity index (χ1v) is 14.4. The number of nitrogens with one attached hydrogen (secondary N) is 1. The number of benzene rings is 4. The molecule has 192 valence electrons. The molecule has 0 bridgehead atoms. The number of rotatable bonds is 11. The normalized spacial score (nSPS) is 12.4. The molecule has 0 saturated heterocycles. The standard InChI is InChI=1S/C31H32ClNO3S/c1-2-28-29(24-10-4-3-5-11-24)14-7-15-31(28)37(35,36)27-18-16-23(17-19-27)9-8-20-33-22-30(34)25-12-6-13-26(32)21-25/h3-7,10-19,21,30,33-34H,2,8-9,20,22H2,1H3/t30-/m0/s1. The highest BCUT2D eigenvalue weighted by Gasteiger charge is 2.22. The van der Waals surface area contributed by atoms with E-state index in [1.54, 1.807) is 30.3 Å². The third-order valence-corrected chi connectivity index (χ3v) is 8.57. The Morgan fingerprint density at radius 3 is 2.32 bits per heavy atom. The number of aliphatic hydroxyl groups is 1. The number of hydrogen-bond acceptors (Lipinski definition) is 4. The zero-order valence-corrected chi connectivity index (χ0v) is 22.5. The van der Waals surface area contributed by atoms with E-state index in [4.69, 9.17) is 11.6 Å². The summed E-state index contributed by atoms with van der Waals surface area (Å²) < 4.78 is 27.1. The highest BCUT2D eigenvalue weighted by Crippen LogP contribution is 2.32. The van der Waals surface area contributed by atoms with Crippen molar-refractivity contribution in [3.05, 3.63) is 119 Å². The summed E-state index contributed by atoms with van der Waals surface area (Å²) in [6.45, 7) is 3.18. The van der Waals surface area contributed by atoms with Crippen LogP contribution in [-0.4, -0.2) is 26.6 Å². The van der Waals surface area contributed by atoms with Crippen LogP contribution in [0.15, 0.2) is 107 Å². The lowest BCUT2D eigenvalue weighted by Gasteiger charge is -2.15. The van der Waals surface area contributed by atoms with Gasteiger partial charge in [-0.1, -0.05) is 85.3 Å². The van der Waals surface area contributed by atoms with Crippen molar-refractivity contribution >= 4 is 21.4 Å². The second-order valence-corrected chi connectivity index (χ2v) is 11.4. The van der Waals surface area contributed by atoms with Crippen molar-refractivity contribution < 1.29 is 13.5 Å². The lowest BCUT2D eigenvalue weighted by atomic mass is 9.98. The fourth-order valence-corrected chi connectivity index (χ4v) is 6.30. The second-order valence-electron chi connectivity index (χ2n) is 9.03. The molecule has 6 heteroatoms. The summed E-state index contributed by atoms with van der Waals surface area (Å²) in [5, 5.41) is 14.2. The van der Waals surface area contributed by atoms with E-state index in [2.05, 4.69) is 5.32 Å². The highest BCUT2D eigenvalue weighted by atomic mass is 35.5. The largest absolute Gasteiger partial charge is 0.387 e. The van der Waals surface area contributed by atoms with Crippen molar-refractivity contribution in [1.29, 1.82) is 0 Å². The molecule has 37 heavy (non-hydrogen) atoms. The van der Waals surface area contributed by atoms with Gasteiger partial charge in [0, 0.05) is 11.6 Å². The third kappa shape index (κ3) is 6.68. The highest BCUT2D eigenvalue weighted by molar-refractivity contribution is 7.91. The van der Waals surface area contributed by atoms with E-state index in [0.29, 0.717) is 27.8 Å². The van der Waals surface area contributed by atoms with Crippen molar-refractivity contribution in [3.8, 4) is 11.1 Å². The van der Waals surface area contributed by atoms with Gasteiger partial charge in [0.1, 0.15) is 0 Å². The minimum absolute atomic E-state index is 0.305. The quantitative estimate of drug-likeness (QED) is 0.212. The van der Waals surface area contributed by atoms with Gasteiger partial charge in [-0.3, -0.25) is 0 Å². The Balaban J connectivity index is 1.38. The third-order valence-electron chi connectivity index (χ3n) is 6.48. The first-order chi connectivity index (χ1) is 17.9. The van der Waals surface area contributed by atoms with E-state index < -0.39 is 15.9 Å². The molecular weight excluding hydrogens is 502 g/mol. The summed E-state index contributed by atoms with van der Waals surface area (Å²) in [7, 11) is -3.65.